The van der Waals surface area contributed by atoms with Crippen molar-refractivity contribution < 1.29 is 4.79 Å². The predicted molar refractivity (Wildman–Crippen MR) is 75.6 cm³/mol. The smallest absolute Gasteiger partial charge is 0.261 e. The van der Waals surface area contributed by atoms with E-state index in [1.54, 1.807) is 6.07 Å². The van der Waals surface area contributed by atoms with Crippen LogP contribution in [0, 0.1) is 5.92 Å². The van der Waals surface area contributed by atoms with Crippen molar-refractivity contribution >= 4 is 6.29 Å². The molecule has 1 aliphatic rings. The first-order valence-corrected chi connectivity index (χ1v) is 7.00. The Morgan fingerprint density at radius 1 is 1.42 bits per heavy atom. The molecular weight excluding hydrogens is 240 g/mol. The minimum atomic E-state index is -0.132. The summed E-state index contributed by atoms with van der Waals surface area (Å²) in [5.41, 5.74) is 2.41. The standard InChI is InChI=1S/C15H22N2O2/c1-4-16-6-5-14-12(9-16)7-13(10-18)15(19)17(14)8-11(2)3/h7,10-11H,4-6,8-9H2,1-3H3. The van der Waals surface area contributed by atoms with Gasteiger partial charge in [0.15, 0.2) is 6.29 Å². The highest BCUT2D eigenvalue weighted by molar-refractivity contribution is 5.74. The number of rotatable bonds is 4. The SMILES string of the molecule is CCN1CCc2c(cc(C=O)c(=O)n2CC(C)C)C1. The third-order valence-corrected chi connectivity index (χ3v) is 3.70. The number of aromatic nitrogens is 1. The van der Waals surface area contributed by atoms with E-state index in [0.717, 1.165) is 37.3 Å². The Kier molecular flexibility index (Phi) is 4.20. The first-order chi connectivity index (χ1) is 9.06. The molecule has 0 saturated carbocycles. The summed E-state index contributed by atoms with van der Waals surface area (Å²) < 4.78 is 1.82. The monoisotopic (exact) mass is 262 g/mol. The maximum absolute atomic E-state index is 12.3. The third-order valence-electron chi connectivity index (χ3n) is 3.70. The zero-order valence-electron chi connectivity index (χ0n) is 12.0. The minimum Gasteiger partial charge on any atom is -0.311 e. The van der Waals surface area contributed by atoms with Crippen LogP contribution < -0.4 is 5.56 Å². The average molecular weight is 262 g/mol. The van der Waals surface area contributed by atoms with Gasteiger partial charge in [-0.3, -0.25) is 14.5 Å². The summed E-state index contributed by atoms with van der Waals surface area (Å²) in [6.45, 7) is 9.83. The Morgan fingerprint density at radius 3 is 2.74 bits per heavy atom. The molecular formula is C15H22N2O2. The van der Waals surface area contributed by atoms with Gasteiger partial charge in [-0.25, -0.2) is 0 Å². The summed E-state index contributed by atoms with van der Waals surface area (Å²) in [7, 11) is 0. The number of hydrogen-bond donors (Lipinski definition) is 0. The fraction of sp³-hybridized carbons (Fsp3) is 0.600. The molecule has 1 aliphatic heterocycles. The first-order valence-electron chi connectivity index (χ1n) is 7.00. The molecule has 0 amide bonds. The van der Waals surface area contributed by atoms with Gasteiger partial charge in [-0.1, -0.05) is 20.8 Å². The van der Waals surface area contributed by atoms with E-state index in [2.05, 4.69) is 25.7 Å². The van der Waals surface area contributed by atoms with Gasteiger partial charge in [0.2, 0.25) is 0 Å². The van der Waals surface area contributed by atoms with Crippen LogP contribution >= 0.6 is 0 Å². The lowest BCUT2D eigenvalue weighted by molar-refractivity contribution is 0.112. The van der Waals surface area contributed by atoms with Crippen LogP contribution in [0.5, 0.6) is 0 Å². The van der Waals surface area contributed by atoms with Crippen LogP contribution in [0.25, 0.3) is 0 Å². The Bertz CT molecular complexity index is 532. The van der Waals surface area contributed by atoms with E-state index in [9.17, 15) is 9.59 Å². The number of aldehydes is 1. The van der Waals surface area contributed by atoms with Crippen LogP contribution in [-0.4, -0.2) is 28.8 Å². The molecule has 0 fully saturated rings. The van der Waals surface area contributed by atoms with Crippen molar-refractivity contribution in [3.63, 3.8) is 0 Å². The van der Waals surface area contributed by atoms with Crippen molar-refractivity contribution in [3.05, 3.63) is 33.2 Å². The van der Waals surface area contributed by atoms with Gasteiger partial charge < -0.3 is 4.57 Å². The predicted octanol–water partition coefficient (Wildman–Crippen LogP) is 1.69. The lowest BCUT2D eigenvalue weighted by atomic mass is 10.0. The largest absolute Gasteiger partial charge is 0.311 e. The lowest BCUT2D eigenvalue weighted by Gasteiger charge is -2.30. The maximum atomic E-state index is 12.3. The van der Waals surface area contributed by atoms with Gasteiger partial charge in [0.25, 0.3) is 5.56 Å². The Hall–Kier alpha value is -1.42. The number of likely N-dealkylation sites (N-methyl/N-ethyl adjacent to an activating group) is 1. The van der Waals surface area contributed by atoms with Crippen molar-refractivity contribution in [2.45, 2.75) is 40.3 Å². The van der Waals surface area contributed by atoms with E-state index in [4.69, 9.17) is 0 Å². The fourth-order valence-electron chi connectivity index (χ4n) is 2.71. The van der Waals surface area contributed by atoms with Crippen molar-refractivity contribution in [3.8, 4) is 0 Å². The van der Waals surface area contributed by atoms with Crippen LogP contribution in [0.15, 0.2) is 10.9 Å². The van der Waals surface area contributed by atoms with Crippen molar-refractivity contribution in [1.82, 2.24) is 9.47 Å². The molecule has 4 nitrogen and oxygen atoms in total. The zero-order valence-corrected chi connectivity index (χ0v) is 12.0. The molecule has 4 heteroatoms. The lowest BCUT2D eigenvalue weighted by Crippen LogP contribution is -2.37. The maximum Gasteiger partial charge on any atom is 0.261 e. The van der Waals surface area contributed by atoms with Crippen LogP contribution in [0.4, 0.5) is 0 Å². The highest BCUT2D eigenvalue weighted by atomic mass is 16.1. The molecule has 0 unspecified atom stereocenters. The molecule has 0 aromatic carbocycles. The summed E-state index contributed by atoms with van der Waals surface area (Å²) in [6.07, 6.45) is 1.58. The van der Waals surface area contributed by atoms with Gasteiger partial charge in [0.1, 0.15) is 0 Å². The van der Waals surface area contributed by atoms with E-state index in [-0.39, 0.29) is 11.1 Å². The summed E-state index contributed by atoms with van der Waals surface area (Å²) in [5, 5.41) is 0. The zero-order chi connectivity index (χ0) is 14.0. The first kappa shape index (κ1) is 14.0. The highest BCUT2D eigenvalue weighted by Crippen LogP contribution is 2.19. The fourth-order valence-corrected chi connectivity index (χ4v) is 2.71. The molecule has 0 radical (unpaired) electrons. The average Bonchev–Trinajstić information content (AvgIpc) is 2.40. The number of pyridine rings is 1. The van der Waals surface area contributed by atoms with Gasteiger partial charge >= 0.3 is 0 Å². The van der Waals surface area contributed by atoms with Crippen LogP contribution in [0.2, 0.25) is 0 Å². The summed E-state index contributed by atoms with van der Waals surface area (Å²) in [4.78, 5) is 25.7. The molecule has 0 atom stereocenters. The van der Waals surface area contributed by atoms with Gasteiger partial charge in [0, 0.05) is 31.7 Å². The topological polar surface area (TPSA) is 42.3 Å². The number of carbonyl (C=O) groups is 1. The Balaban J connectivity index is 2.52. The van der Waals surface area contributed by atoms with Crippen LogP contribution in [0.1, 0.15) is 42.4 Å². The van der Waals surface area contributed by atoms with Crippen molar-refractivity contribution in [1.29, 1.82) is 0 Å². The van der Waals surface area contributed by atoms with E-state index in [0.29, 0.717) is 18.7 Å². The van der Waals surface area contributed by atoms with Crippen LogP contribution in [-0.2, 0) is 19.5 Å². The molecule has 2 heterocycles. The van der Waals surface area contributed by atoms with Gasteiger partial charge in [-0.15, -0.1) is 0 Å². The minimum absolute atomic E-state index is 0.132. The molecule has 19 heavy (non-hydrogen) atoms. The van der Waals surface area contributed by atoms with E-state index in [1.165, 1.54) is 0 Å². The number of carbonyl (C=O) groups excluding carboxylic acids is 1. The molecule has 104 valence electrons. The van der Waals surface area contributed by atoms with Gasteiger partial charge in [-0.05, 0) is 24.1 Å². The molecule has 1 aromatic heterocycles. The summed E-state index contributed by atoms with van der Waals surface area (Å²) in [6, 6.07) is 1.78. The Labute approximate surface area is 114 Å². The molecule has 0 saturated heterocycles. The summed E-state index contributed by atoms with van der Waals surface area (Å²) >= 11 is 0. The second-order valence-electron chi connectivity index (χ2n) is 5.62. The second-order valence-corrected chi connectivity index (χ2v) is 5.62. The van der Waals surface area contributed by atoms with Crippen LogP contribution in [0.3, 0.4) is 0 Å². The molecule has 0 aliphatic carbocycles. The van der Waals surface area contributed by atoms with Gasteiger partial charge in [-0.2, -0.15) is 0 Å². The molecule has 0 N–H and O–H groups in total. The normalized spacial score (nSPS) is 15.6. The highest BCUT2D eigenvalue weighted by Gasteiger charge is 2.21. The molecule has 0 bridgehead atoms. The third kappa shape index (κ3) is 2.78. The van der Waals surface area contributed by atoms with E-state index >= 15 is 0 Å². The number of nitrogens with zero attached hydrogens (tertiary/aromatic N) is 2. The van der Waals surface area contributed by atoms with Crippen molar-refractivity contribution in [2.24, 2.45) is 5.92 Å². The van der Waals surface area contributed by atoms with E-state index < -0.39 is 0 Å². The molecule has 2 rings (SSSR count). The quantitative estimate of drug-likeness (QED) is 0.776. The second kappa shape index (κ2) is 5.70. The summed E-state index contributed by atoms with van der Waals surface area (Å²) in [5.74, 6) is 0.396. The molecule has 1 aromatic rings. The van der Waals surface area contributed by atoms with Gasteiger partial charge in [0.05, 0.1) is 5.56 Å². The number of fused-ring (bicyclic) bond motifs is 1. The Morgan fingerprint density at radius 2 is 2.16 bits per heavy atom. The number of hydrogen-bond acceptors (Lipinski definition) is 3. The molecule has 0 spiro atoms. The van der Waals surface area contributed by atoms with E-state index in [1.807, 2.05) is 4.57 Å². The van der Waals surface area contributed by atoms with Crippen molar-refractivity contribution in [2.75, 3.05) is 13.1 Å².